The van der Waals surface area contributed by atoms with Gasteiger partial charge in [-0.1, -0.05) is 141 Å². The van der Waals surface area contributed by atoms with Crippen LogP contribution in [0.5, 0.6) is 0 Å². The Morgan fingerprint density at radius 3 is 1.90 bits per heavy atom. The molecule has 0 bridgehead atoms. The number of carbonyl (C=O) groups is 1. The number of Topliss-reactive ketones (excluding diaryl/α,β-unsaturated/α-hetero) is 1. The molecule has 0 spiro atoms. The van der Waals surface area contributed by atoms with Crippen LogP contribution in [0.1, 0.15) is 101 Å². The van der Waals surface area contributed by atoms with E-state index in [1.165, 1.54) is 11.1 Å². The summed E-state index contributed by atoms with van der Waals surface area (Å²) >= 11 is 0. The maximum Gasteiger partial charge on any atom is 0.322 e. The standard InChI is InChI=1S/C51H68O8/c1-31(2)40-28-42(53)46(54)36(7)39(40)26-24-34(5)20-13-18-32(3)16-11-12-17-33(4)19-14-21-35(6)25-27-41-37(8)45(38-22-15-23-38)43(29-51(41,9)10)58-50-49(57)48(56)47(55)44(30-52)59-50/h11-14,16-21,24-27,31,40,42-44,47-48,52-53,55-57H,15,22-23,28-30H2,1-10H3/b12-11+,18-13+,19-14+,26-24+,27-25+,32-16+,33-17+,34-20+,35-21+/t40?,42?,43?,44?,47-,48?/m1/s1. The Morgan fingerprint density at radius 1 is 0.831 bits per heavy atom. The predicted molar refractivity (Wildman–Crippen MR) is 238 cm³/mol. The zero-order chi connectivity index (χ0) is 43.6. The molecule has 0 aromatic carbocycles. The summed E-state index contributed by atoms with van der Waals surface area (Å²) in [4.78, 5) is 12.4. The van der Waals surface area contributed by atoms with Gasteiger partial charge in [-0.25, -0.2) is 0 Å². The molecule has 1 heterocycles. The van der Waals surface area contributed by atoms with E-state index in [-0.39, 0.29) is 23.1 Å². The van der Waals surface area contributed by atoms with Gasteiger partial charge in [-0.3, -0.25) is 4.79 Å². The average molecular weight is 809 g/mol. The average Bonchev–Trinajstić information content (AvgIpc) is 3.15. The van der Waals surface area contributed by atoms with Gasteiger partial charge in [-0.15, -0.1) is 0 Å². The molecular weight excluding hydrogens is 741 g/mol. The maximum absolute atomic E-state index is 12.4. The summed E-state index contributed by atoms with van der Waals surface area (Å²) in [5.41, 5.74) is 10.6. The summed E-state index contributed by atoms with van der Waals surface area (Å²) in [5, 5.41) is 51.0. The van der Waals surface area contributed by atoms with Crippen LogP contribution in [0.25, 0.3) is 0 Å². The van der Waals surface area contributed by atoms with Gasteiger partial charge >= 0.3 is 5.95 Å². The summed E-state index contributed by atoms with van der Waals surface area (Å²) in [5.74, 6) is -0.467. The second-order valence-corrected chi connectivity index (χ2v) is 17.5. The molecule has 0 radical (unpaired) electrons. The summed E-state index contributed by atoms with van der Waals surface area (Å²) in [6.07, 6.45) is 27.6. The van der Waals surface area contributed by atoms with Crippen LogP contribution in [-0.2, 0) is 14.3 Å². The highest BCUT2D eigenvalue weighted by atomic mass is 16.7. The van der Waals surface area contributed by atoms with Crippen molar-refractivity contribution in [1.29, 1.82) is 0 Å². The first-order valence-corrected chi connectivity index (χ1v) is 21.0. The number of ether oxygens (including phenoxy) is 2. The molecule has 5 unspecified atom stereocenters. The lowest BCUT2D eigenvalue weighted by molar-refractivity contribution is -0.155. The van der Waals surface area contributed by atoms with Crippen LogP contribution in [0.4, 0.5) is 0 Å². The second-order valence-electron chi connectivity index (χ2n) is 17.5. The molecule has 4 aliphatic rings. The smallest absolute Gasteiger partial charge is 0.322 e. The molecule has 1 fully saturated rings. The molecule has 1 aliphatic heterocycles. The van der Waals surface area contributed by atoms with Gasteiger partial charge in [0, 0.05) is 0 Å². The molecule has 320 valence electrons. The van der Waals surface area contributed by atoms with Crippen LogP contribution in [0.15, 0.2) is 152 Å². The minimum Gasteiger partial charge on any atom is -0.504 e. The van der Waals surface area contributed by atoms with E-state index in [2.05, 4.69) is 110 Å². The van der Waals surface area contributed by atoms with E-state index in [0.29, 0.717) is 24.3 Å². The van der Waals surface area contributed by atoms with E-state index in [4.69, 9.17) is 9.47 Å². The summed E-state index contributed by atoms with van der Waals surface area (Å²) in [7, 11) is 0. The van der Waals surface area contributed by atoms with Crippen LogP contribution in [0, 0.1) is 17.3 Å². The lowest BCUT2D eigenvalue weighted by atomic mass is 9.67. The summed E-state index contributed by atoms with van der Waals surface area (Å²) < 4.78 is 11.9. The fourth-order valence-corrected chi connectivity index (χ4v) is 8.05. The third-order valence-electron chi connectivity index (χ3n) is 11.9. The molecule has 6 atom stereocenters. The summed E-state index contributed by atoms with van der Waals surface area (Å²) in [6, 6.07) is 0. The molecule has 0 saturated heterocycles. The number of aliphatic hydroxyl groups excluding tert-OH is 5. The van der Waals surface area contributed by atoms with Crippen LogP contribution >= 0.6 is 0 Å². The van der Waals surface area contributed by atoms with Crippen molar-refractivity contribution >= 4 is 5.78 Å². The molecule has 3 aliphatic carbocycles. The van der Waals surface area contributed by atoms with E-state index in [0.717, 1.165) is 58.3 Å². The van der Waals surface area contributed by atoms with Crippen LogP contribution in [0.3, 0.4) is 0 Å². The zero-order valence-corrected chi connectivity index (χ0v) is 36.8. The molecular formula is C51H68O8. The van der Waals surface area contributed by atoms with Crippen molar-refractivity contribution < 1.29 is 39.8 Å². The number of rotatable bonds is 14. The van der Waals surface area contributed by atoms with Crippen LogP contribution in [-0.4, -0.2) is 68.4 Å². The quantitative estimate of drug-likeness (QED) is 0.110. The number of ketones is 1. The molecule has 5 N–H and O–H groups in total. The Bertz CT molecular complexity index is 1970. The van der Waals surface area contributed by atoms with E-state index >= 15 is 0 Å². The first-order valence-electron chi connectivity index (χ1n) is 21.0. The topological polar surface area (TPSA) is 137 Å². The van der Waals surface area contributed by atoms with Gasteiger partial charge in [0.05, 0.1) is 6.61 Å². The predicted octanol–water partition coefficient (Wildman–Crippen LogP) is 9.93. The van der Waals surface area contributed by atoms with Gasteiger partial charge in [0.25, 0.3) is 0 Å². The fourth-order valence-electron chi connectivity index (χ4n) is 8.05. The molecule has 0 amide bonds. The van der Waals surface area contributed by atoms with Gasteiger partial charge in [0.2, 0.25) is 5.76 Å². The first kappa shape index (κ1) is 47.2. The molecule has 8 nitrogen and oxygen atoms in total. The molecule has 59 heavy (non-hydrogen) atoms. The Balaban J connectivity index is 1.37. The Labute approximate surface area is 352 Å². The normalized spacial score (nSPS) is 28.2. The minimum atomic E-state index is -1.60. The zero-order valence-electron chi connectivity index (χ0n) is 36.8. The lowest BCUT2D eigenvalue weighted by Crippen LogP contribution is -2.47. The number of hydrogen-bond donors (Lipinski definition) is 5. The molecule has 1 saturated carbocycles. The number of aliphatic hydroxyl groups is 5. The van der Waals surface area contributed by atoms with Crippen molar-refractivity contribution in [3.8, 4) is 0 Å². The van der Waals surface area contributed by atoms with E-state index < -0.39 is 42.9 Å². The van der Waals surface area contributed by atoms with Gasteiger partial charge < -0.3 is 35.0 Å². The number of hydrogen-bond acceptors (Lipinski definition) is 8. The van der Waals surface area contributed by atoms with Crippen molar-refractivity contribution in [1.82, 2.24) is 0 Å². The van der Waals surface area contributed by atoms with Gasteiger partial charge in [0.1, 0.15) is 24.4 Å². The van der Waals surface area contributed by atoms with Crippen molar-refractivity contribution in [2.75, 3.05) is 6.61 Å². The van der Waals surface area contributed by atoms with Crippen LogP contribution in [0.2, 0.25) is 0 Å². The number of allylic oxidation sites excluding steroid dienone is 21. The van der Waals surface area contributed by atoms with Crippen molar-refractivity contribution in [3.63, 3.8) is 0 Å². The molecule has 0 aromatic rings. The van der Waals surface area contributed by atoms with Gasteiger partial charge in [-0.2, -0.15) is 0 Å². The van der Waals surface area contributed by atoms with Crippen molar-refractivity contribution in [3.05, 3.63) is 152 Å². The highest BCUT2D eigenvalue weighted by Crippen LogP contribution is 2.49. The summed E-state index contributed by atoms with van der Waals surface area (Å²) in [6.45, 7) is 20.3. The number of carbonyl (C=O) groups excluding carboxylic acids is 1. The Morgan fingerprint density at radius 2 is 1.37 bits per heavy atom. The largest absolute Gasteiger partial charge is 0.504 e. The van der Waals surface area contributed by atoms with Crippen LogP contribution < -0.4 is 0 Å². The van der Waals surface area contributed by atoms with Gasteiger partial charge in [-0.05, 0) is 119 Å². The molecule has 8 heteroatoms. The monoisotopic (exact) mass is 808 g/mol. The second kappa shape index (κ2) is 21.2. The van der Waals surface area contributed by atoms with Crippen molar-refractivity contribution in [2.24, 2.45) is 17.3 Å². The third kappa shape index (κ3) is 12.3. The Hall–Kier alpha value is -4.47. The van der Waals surface area contributed by atoms with Crippen molar-refractivity contribution in [2.45, 2.75) is 132 Å². The molecule has 0 aromatic heterocycles. The van der Waals surface area contributed by atoms with E-state index in [1.54, 1.807) is 0 Å². The van der Waals surface area contributed by atoms with E-state index in [9.17, 15) is 30.3 Å². The third-order valence-corrected chi connectivity index (χ3v) is 11.9. The highest BCUT2D eigenvalue weighted by molar-refractivity contribution is 6.00. The fraction of sp³-hybridized carbons (Fsp3) is 0.471. The SMILES string of the molecule is CC1=C(/C=C/C(C)=C/C=C/C(C)=C/C=C/C=C(C)/C=C/C=C(C)/C=C/C2=C(C)C(=C3CCC3)C(OC3=C(O)C(O)[C@H](O)C(CO)O3)CC2(C)C)C(C(C)C)CC(O)C1=O. The van der Waals surface area contributed by atoms with Gasteiger partial charge in [0.15, 0.2) is 11.9 Å². The molecule has 4 rings (SSSR count). The lowest BCUT2D eigenvalue weighted by Gasteiger charge is -2.42. The maximum atomic E-state index is 12.4. The minimum absolute atomic E-state index is 0.165. The Kier molecular flexibility index (Phi) is 16.9. The highest BCUT2D eigenvalue weighted by Gasteiger charge is 2.43. The first-order chi connectivity index (χ1) is 27.9. The van der Waals surface area contributed by atoms with E-state index in [1.807, 2.05) is 44.2 Å².